The van der Waals surface area contributed by atoms with Gasteiger partial charge in [0.25, 0.3) is 0 Å². The molecule has 0 radical (unpaired) electrons. The van der Waals surface area contributed by atoms with E-state index in [2.05, 4.69) is 24.5 Å². The highest BCUT2D eigenvalue weighted by Gasteiger charge is 2.30. The zero-order chi connectivity index (χ0) is 29.6. The van der Waals surface area contributed by atoms with Crippen molar-refractivity contribution < 1.29 is 28.9 Å². The van der Waals surface area contributed by atoms with E-state index in [-0.39, 0.29) is 24.2 Å². The molecule has 2 amide bonds. The Morgan fingerprint density at radius 2 is 1.77 bits per heavy atom. The molecular formula is C30H53N3O6. The Labute approximate surface area is 235 Å². The van der Waals surface area contributed by atoms with Crippen LogP contribution in [0.25, 0.3) is 0 Å². The third-order valence-electron chi connectivity index (χ3n) is 7.28. The second kappa shape index (κ2) is 17.4. The first-order valence-corrected chi connectivity index (χ1v) is 14.1. The van der Waals surface area contributed by atoms with Crippen LogP contribution in [-0.2, 0) is 20.7 Å². The van der Waals surface area contributed by atoms with Crippen LogP contribution in [-0.4, -0.2) is 69.1 Å². The lowest BCUT2D eigenvalue weighted by molar-refractivity contribution is -0.128. The summed E-state index contributed by atoms with van der Waals surface area (Å²) in [4.78, 5) is 23.8. The minimum absolute atomic E-state index is 0.0245. The lowest BCUT2D eigenvalue weighted by atomic mass is 9.80. The van der Waals surface area contributed by atoms with Crippen molar-refractivity contribution in [3.05, 3.63) is 23.8 Å². The Morgan fingerprint density at radius 3 is 2.33 bits per heavy atom. The first-order valence-electron chi connectivity index (χ1n) is 14.1. The quantitative estimate of drug-likeness (QED) is 0.144. The minimum Gasteiger partial charge on any atom is -0.493 e. The number of hydrogen-bond acceptors (Lipinski definition) is 7. The topological polar surface area (TPSA) is 132 Å². The molecular weight excluding hydrogens is 498 g/mol. The molecule has 39 heavy (non-hydrogen) atoms. The Balaban J connectivity index is 2.85. The van der Waals surface area contributed by atoms with Crippen LogP contribution in [0.2, 0.25) is 0 Å². The molecule has 224 valence electrons. The molecule has 0 aliphatic rings. The Morgan fingerprint density at radius 1 is 1.08 bits per heavy atom. The minimum atomic E-state index is -0.818. The number of aliphatic hydroxyl groups is 1. The summed E-state index contributed by atoms with van der Waals surface area (Å²) in [6.45, 7) is 13.4. The van der Waals surface area contributed by atoms with E-state index in [0.29, 0.717) is 50.0 Å². The standard InChI is InChI=1S/C30H53N3O6/c1-20(2)23(14-22-10-11-27(38-8)28(15-22)39-13-9-12-37-7)16-25(31)26(35)17-24(21(3)4)29(36)32-18-30(5,6)33-19-34/h10-11,15,19-21,23-26,35H,9,12-14,16-18,31H2,1-8H3,(H,32,36)(H,33,34)/t23-,24-,25-,26-/m0/s1. The van der Waals surface area contributed by atoms with Gasteiger partial charge in [0.05, 0.1) is 25.4 Å². The van der Waals surface area contributed by atoms with Crippen LogP contribution >= 0.6 is 0 Å². The van der Waals surface area contributed by atoms with E-state index < -0.39 is 23.6 Å². The van der Waals surface area contributed by atoms with E-state index in [4.69, 9.17) is 19.9 Å². The van der Waals surface area contributed by atoms with Crippen LogP contribution in [0.3, 0.4) is 0 Å². The maximum atomic E-state index is 13.0. The molecule has 1 rings (SSSR count). The van der Waals surface area contributed by atoms with Crippen LogP contribution in [0.15, 0.2) is 18.2 Å². The van der Waals surface area contributed by atoms with Gasteiger partial charge < -0.3 is 35.7 Å². The Kier molecular flexibility index (Phi) is 15.4. The lowest BCUT2D eigenvalue weighted by Crippen LogP contribution is -2.50. The zero-order valence-corrected chi connectivity index (χ0v) is 25.3. The number of aliphatic hydroxyl groups excluding tert-OH is 1. The monoisotopic (exact) mass is 551 g/mol. The van der Waals surface area contributed by atoms with Crippen molar-refractivity contribution in [3.8, 4) is 11.5 Å². The van der Waals surface area contributed by atoms with Crippen LogP contribution in [0.4, 0.5) is 0 Å². The molecule has 5 N–H and O–H groups in total. The van der Waals surface area contributed by atoms with Crippen LogP contribution < -0.4 is 25.8 Å². The third-order valence-corrected chi connectivity index (χ3v) is 7.28. The lowest BCUT2D eigenvalue weighted by Gasteiger charge is -2.31. The van der Waals surface area contributed by atoms with E-state index in [0.717, 1.165) is 18.4 Å². The van der Waals surface area contributed by atoms with Gasteiger partial charge in [-0.1, -0.05) is 33.8 Å². The number of carbonyl (C=O) groups is 2. The molecule has 1 aromatic rings. The van der Waals surface area contributed by atoms with Crippen molar-refractivity contribution in [3.63, 3.8) is 0 Å². The first-order chi connectivity index (χ1) is 18.3. The molecule has 4 atom stereocenters. The zero-order valence-electron chi connectivity index (χ0n) is 25.3. The van der Waals surface area contributed by atoms with Gasteiger partial charge in [-0.25, -0.2) is 0 Å². The molecule has 9 heteroatoms. The van der Waals surface area contributed by atoms with Gasteiger partial charge in [-0.15, -0.1) is 0 Å². The van der Waals surface area contributed by atoms with Gasteiger partial charge in [-0.05, 0) is 68.6 Å². The number of carbonyl (C=O) groups excluding carboxylic acids is 2. The fraction of sp³-hybridized carbons (Fsp3) is 0.733. The second-order valence-corrected chi connectivity index (χ2v) is 11.8. The van der Waals surface area contributed by atoms with E-state index in [1.807, 2.05) is 45.9 Å². The number of nitrogens with one attached hydrogen (secondary N) is 2. The predicted octanol–water partition coefficient (Wildman–Crippen LogP) is 3.31. The van der Waals surface area contributed by atoms with Crippen LogP contribution in [0.5, 0.6) is 11.5 Å². The van der Waals surface area contributed by atoms with Gasteiger partial charge in [0.1, 0.15) is 0 Å². The molecule has 0 bridgehead atoms. The van der Waals surface area contributed by atoms with Crippen molar-refractivity contribution in [2.24, 2.45) is 29.4 Å². The number of ether oxygens (including phenoxy) is 3. The van der Waals surface area contributed by atoms with Gasteiger partial charge in [-0.3, -0.25) is 9.59 Å². The summed E-state index contributed by atoms with van der Waals surface area (Å²) in [6, 6.07) is 5.51. The van der Waals surface area contributed by atoms with Gasteiger partial charge in [0.15, 0.2) is 11.5 Å². The van der Waals surface area contributed by atoms with Gasteiger partial charge in [0.2, 0.25) is 12.3 Å². The highest BCUT2D eigenvalue weighted by molar-refractivity contribution is 5.79. The largest absolute Gasteiger partial charge is 0.493 e. The first kappa shape index (κ1) is 34.7. The number of methoxy groups -OCH3 is 2. The predicted molar refractivity (Wildman–Crippen MR) is 155 cm³/mol. The van der Waals surface area contributed by atoms with E-state index in [1.165, 1.54) is 0 Å². The van der Waals surface area contributed by atoms with Crippen LogP contribution in [0.1, 0.15) is 66.4 Å². The van der Waals surface area contributed by atoms with Crippen LogP contribution in [0, 0.1) is 23.7 Å². The SMILES string of the molecule is COCCCOc1cc(C[C@@H](C[C@H](N)[C@@H](O)C[C@H](C(=O)NCC(C)(C)NC=O)C(C)C)C(C)C)ccc1OC. The van der Waals surface area contributed by atoms with Gasteiger partial charge >= 0.3 is 0 Å². The molecule has 0 fully saturated rings. The van der Waals surface area contributed by atoms with Gasteiger partial charge in [-0.2, -0.15) is 0 Å². The molecule has 0 aliphatic carbocycles. The van der Waals surface area contributed by atoms with Crippen molar-refractivity contribution in [2.75, 3.05) is 34.0 Å². The highest BCUT2D eigenvalue weighted by Crippen LogP contribution is 2.31. The average Bonchev–Trinajstić information content (AvgIpc) is 2.87. The van der Waals surface area contributed by atoms with Gasteiger partial charge in [0, 0.05) is 38.6 Å². The Bertz CT molecular complexity index is 861. The molecule has 1 aromatic carbocycles. The maximum Gasteiger partial charge on any atom is 0.223 e. The molecule has 0 aliphatic heterocycles. The molecule has 0 aromatic heterocycles. The summed E-state index contributed by atoms with van der Waals surface area (Å²) >= 11 is 0. The summed E-state index contributed by atoms with van der Waals surface area (Å²) in [7, 11) is 3.30. The summed E-state index contributed by atoms with van der Waals surface area (Å²) in [5, 5.41) is 16.7. The fourth-order valence-electron chi connectivity index (χ4n) is 4.51. The Hall–Kier alpha value is -2.36. The van der Waals surface area contributed by atoms with E-state index in [9.17, 15) is 14.7 Å². The number of hydrogen-bond donors (Lipinski definition) is 4. The molecule has 0 heterocycles. The van der Waals surface area contributed by atoms with Crippen molar-refractivity contribution in [1.82, 2.24) is 10.6 Å². The smallest absolute Gasteiger partial charge is 0.223 e. The normalized spacial score (nSPS) is 15.0. The number of amides is 2. The number of rotatable bonds is 20. The summed E-state index contributed by atoms with van der Waals surface area (Å²) < 4.78 is 16.5. The summed E-state index contributed by atoms with van der Waals surface area (Å²) in [6.07, 6.45) is 2.28. The average molecular weight is 552 g/mol. The molecule has 0 saturated heterocycles. The molecule has 9 nitrogen and oxygen atoms in total. The maximum absolute atomic E-state index is 13.0. The number of benzene rings is 1. The number of nitrogens with two attached hydrogens (primary N) is 1. The molecule has 0 spiro atoms. The third kappa shape index (κ3) is 12.6. The fourth-order valence-corrected chi connectivity index (χ4v) is 4.51. The second-order valence-electron chi connectivity index (χ2n) is 11.8. The van der Waals surface area contributed by atoms with Crippen molar-refractivity contribution >= 4 is 12.3 Å². The summed E-state index contributed by atoms with van der Waals surface area (Å²) in [5.41, 5.74) is 7.08. The van der Waals surface area contributed by atoms with E-state index >= 15 is 0 Å². The molecule has 0 unspecified atom stereocenters. The molecule has 0 saturated carbocycles. The van der Waals surface area contributed by atoms with E-state index in [1.54, 1.807) is 14.2 Å². The summed E-state index contributed by atoms with van der Waals surface area (Å²) in [5.74, 6) is 1.45. The highest BCUT2D eigenvalue weighted by atomic mass is 16.5. The van der Waals surface area contributed by atoms with Crippen molar-refractivity contribution in [1.29, 1.82) is 0 Å². The van der Waals surface area contributed by atoms with Crippen molar-refractivity contribution in [2.45, 2.75) is 84.9 Å².